The van der Waals surface area contributed by atoms with Crippen molar-refractivity contribution in [2.75, 3.05) is 13.1 Å². The van der Waals surface area contributed by atoms with Gasteiger partial charge >= 0.3 is 0 Å². The van der Waals surface area contributed by atoms with E-state index < -0.39 is 11.7 Å². The second-order valence-electron chi connectivity index (χ2n) is 6.60. The first-order valence-corrected chi connectivity index (χ1v) is 8.62. The van der Waals surface area contributed by atoms with Crippen molar-refractivity contribution in [2.45, 2.75) is 32.3 Å². The van der Waals surface area contributed by atoms with Gasteiger partial charge in [0.1, 0.15) is 11.4 Å². The van der Waals surface area contributed by atoms with Crippen LogP contribution in [0.5, 0.6) is 0 Å². The van der Waals surface area contributed by atoms with Gasteiger partial charge in [0.2, 0.25) is 0 Å². The number of carbonyl (C=O) groups excluding carboxylic acids is 1. The Labute approximate surface area is 146 Å². The number of nitrogens with zero attached hydrogens (tertiary/aromatic N) is 2. The summed E-state index contributed by atoms with van der Waals surface area (Å²) in [5, 5.41) is 10.5. The summed E-state index contributed by atoms with van der Waals surface area (Å²) in [6.07, 6.45) is 3.02. The molecule has 1 aromatic heterocycles. The summed E-state index contributed by atoms with van der Waals surface area (Å²) in [6.45, 7) is 2.76. The van der Waals surface area contributed by atoms with Gasteiger partial charge < -0.3 is 15.0 Å². The molecule has 2 N–H and O–H groups in total. The molecule has 1 aliphatic heterocycles. The third kappa shape index (κ3) is 4.14. The predicted molar refractivity (Wildman–Crippen MR) is 94.4 cm³/mol. The third-order valence-corrected chi connectivity index (χ3v) is 4.82. The highest BCUT2D eigenvalue weighted by Crippen LogP contribution is 2.23. The monoisotopic (exact) mass is 341 g/mol. The second-order valence-corrected chi connectivity index (χ2v) is 6.60. The van der Waals surface area contributed by atoms with Crippen LogP contribution < -0.4 is 5.56 Å². The maximum atomic E-state index is 12.5. The molecule has 1 aliphatic rings. The van der Waals surface area contributed by atoms with E-state index in [0.717, 1.165) is 18.4 Å². The molecule has 2 heterocycles. The van der Waals surface area contributed by atoms with Crippen LogP contribution >= 0.6 is 0 Å². The first-order chi connectivity index (χ1) is 12.0. The zero-order valence-corrected chi connectivity index (χ0v) is 14.3. The average Bonchev–Trinajstić information content (AvgIpc) is 2.62. The molecule has 1 saturated heterocycles. The third-order valence-electron chi connectivity index (χ3n) is 4.82. The molecule has 1 fully saturated rings. The van der Waals surface area contributed by atoms with Gasteiger partial charge in [-0.15, -0.1) is 0 Å². The quantitative estimate of drug-likeness (QED) is 0.883. The molecular formula is C19H23N3O3. The Morgan fingerprint density at radius 1 is 1.32 bits per heavy atom. The number of aliphatic hydroxyl groups is 1. The van der Waals surface area contributed by atoms with Crippen molar-refractivity contribution in [1.29, 1.82) is 0 Å². The number of H-pyrrole nitrogens is 1. The van der Waals surface area contributed by atoms with Gasteiger partial charge in [-0.05, 0) is 37.7 Å². The van der Waals surface area contributed by atoms with Gasteiger partial charge in [0.15, 0.2) is 0 Å². The van der Waals surface area contributed by atoms with Crippen molar-refractivity contribution < 1.29 is 9.90 Å². The Bertz CT molecular complexity index is 780. The molecule has 1 atom stereocenters. The fraction of sp³-hybridized carbons (Fsp3) is 0.421. The normalized spacial score (nSPS) is 16.6. The molecule has 2 aromatic rings. The maximum absolute atomic E-state index is 12.5. The summed E-state index contributed by atoms with van der Waals surface area (Å²) in [5.41, 5.74) is 0.795. The average molecular weight is 341 g/mol. The van der Waals surface area contributed by atoms with Gasteiger partial charge in [-0.3, -0.25) is 9.59 Å². The van der Waals surface area contributed by atoms with Crippen LogP contribution in [-0.2, 0) is 6.42 Å². The van der Waals surface area contributed by atoms with E-state index in [9.17, 15) is 14.7 Å². The number of rotatable bonds is 4. The molecule has 0 bridgehead atoms. The molecule has 1 amide bonds. The van der Waals surface area contributed by atoms with E-state index in [-0.39, 0.29) is 17.4 Å². The van der Waals surface area contributed by atoms with Gasteiger partial charge in [0, 0.05) is 19.3 Å². The molecule has 0 unspecified atom stereocenters. The Balaban J connectivity index is 1.58. The number of aromatic amines is 1. The summed E-state index contributed by atoms with van der Waals surface area (Å²) in [4.78, 5) is 32.7. The highest BCUT2D eigenvalue weighted by Gasteiger charge is 2.29. The highest BCUT2D eigenvalue weighted by molar-refractivity contribution is 5.93. The van der Waals surface area contributed by atoms with Gasteiger partial charge in [-0.1, -0.05) is 30.3 Å². The number of likely N-dealkylation sites (tertiary alicyclic amines) is 1. The number of carbonyl (C=O) groups is 1. The molecule has 6 heteroatoms. The van der Waals surface area contributed by atoms with Crippen LogP contribution in [0.1, 0.15) is 34.6 Å². The molecule has 132 valence electrons. The van der Waals surface area contributed by atoms with Crippen LogP contribution in [0.3, 0.4) is 0 Å². The second kappa shape index (κ2) is 7.61. The summed E-state index contributed by atoms with van der Waals surface area (Å²) < 4.78 is 0. The summed E-state index contributed by atoms with van der Waals surface area (Å²) in [7, 11) is 0. The van der Waals surface area contributed by atoms with Crippen LogP contribution in [0.4, 0.5) is 0 Å². The van der Waals surface area contributed by atoms with Crippen molar-refractivity contribution in [3.05, 3.63) is 63.8 Å². The lowest BCUT2D eigenvalue weighted by Crippen LogP contribution is -2.43. The number of nitrogens with one attached hydrogen (secondary N) is 1. The summed E-state index contributed by atoms with van der Waals surface area (Å²) >= 11 is 0. The first-order valence-electron chi connectivity index (χ1n) is 8.62. The van der Waals surface area contributed by atoms with Crippen molar-refractivity contribution in [3.63, 3.8) is 0 Å². The van der Waals surface area contributed by atoms with Crippen molar-refractivity contribution in [2.24, 2.45) is 5.92 Å². The lowest BCUT2D eigenvalue weighted by molar-refractivity contribution is 0.0466. The van der Waals surface area contributed by atoms with E-state index in [1.54, 1.807) is 11.8 Å². The SMILES string of the molecule is Cc1ncc(C(=O)N2CCC([C@@H](O)Cc3ccccc3)CC2)c(=O)[nH]1. The van der Waals surface area contributed by atoms with E-state index in [4.69, 9.17) is 0 Å². The first kappa shape index (κ1) is 17.4. The highest BCUT2D eigenvalue weighted by atomic mass is 16.3. The number of aliphatic hydroxyl groups excluding tert-OH is 1. The van der Waals surface area contributed by atoms with Gasteiger partial charge in [-0.25, -0.2) is 4.98 Å². The molecule has 25 heavy (non-hydrogen) atoms. The minimum absolute atomic E-state index is 0.0777. The molecule has 6 nitrogen and oxygen atoms in total. The van der Waals surface area contributed by atoms with E-state index >= 15 is 0 Å². The number of piperidine rings is 1. The van der Waals surface area contributed by atoms with Crippen molar-refractivity contribution in [3.8, 4) is 0 Å². The van der Waals surface area contributed by atoms with Crippen LogP contribution in [0.25, 0.3) is 0 Å². The zero-order chi connectivity index (χ0) is 17.8. The Morgan fingerprint density at radius 2 is 2.00 bits per heavy atom. The number of benzene rings is 1. The van der Waals surface area contributed by atoms with Crippen LogP contribution in [0.15, 0.2) is 41.3 Å². The fourth-order valence-corrected chi connectivity index (χ4v) is 3.32. The number of aromatic nitrogens is 2. The fourth-order valence-electron chi connectivity index (χ4n) is 3.32. The van der Waals surface area contributed by atoms with Crippen LogP contribution in [0, 0.1) is 12.8 Å². The molecule has 0 saturated carbocycles. The van der Waals surface area contributed by atoms with Crippen LogP contribution in [-0.4, -0.2) is 45.1 Å². The molecule has 3 rings (SSSR count). The van der Waals surface area contributed by atoms with Crippen LogP contribution in [0.2, 0.25) is 0 Å². The van der Waals surface area contributed by atoms with E-state index in [1.807, 2.05) is 30.3 Å². The van der Waals surface area contributed by atoms with E-state index in [2.05, 4.69) is 9.97 Å². The Kier molecular flexibility index (Phi) is 5.28. The zero-order valence-electron chi connectivity index (χ0n) is 14.3. The topological polar surface area (TPSA) is 86.3 Å². The predicted octanol–water partition coefficient (Wildman–Crippen LogP) is 1.53. The molecule has 0 aliphatic carbocycles. The maximum Gasteiger partial charge on any atom is 0.263 e. The summed E-state index contributed by atoms with van der Waals surface area (Å²) in [5.74, 6) is 0.368. The molecule has 0 radical (unpaired) electrons. The van der Waals surface area contributed by atoms with Crippen molar-refractivity contribution >= 4 is 5.91 Å². The van der Waals surface area contributed by atoms with E-state index in [1.165, 1.54) is 6.20 Å². The lowest BCUT2D eigenvalue weighted by Gasteiger charge is -2.34. The smallest absolute Gasteiger partial charge is 0.263 e. The lowest BCUT2D eigenvalue weighted by atomic mass is 9.88. The van der Waals surface area contributed by atoms with Gasteiger partial charge in [0.05, 0.1) is 6.10 Å². The molecule has 1 aromatic carbocycles. The molecular weight excluding hydrogens is 318 g/mol. The minimum Gasteiger partial charge on any atom is -0.392 e. The van der Waals surface area contributed by atoms with Gasteiger partial charge in [0.25, 0.3) is 11.5 Å². The molecule has 0 spiro atoms. The standard InChI is InChI=1S/C19H23N3O3/c1-13-20-12-16(18(24)21-13)19(25)22-9-7-15(8-10-22)17(23)11-14-5-3-2-4-6-14/h2-6,12,15,17,23H,7-11H2,1H3,(H,20,21,24)/t17-/m0/s1. The number of hydrogen-bond donors (Lipinski definition) is 2. The van der Waals surface area contributed by atoms with Crippen molar-refractivity contribution in [1.82, 2.24) is 14.9 Å². The minimum atomic E-state index is -0.413. The Morgan fingerprint density at radius 3 is 2.64 bits per heavy atom. The number of hydrogen-bond acceptors (Lipinski definition) is 4. The largest absolute Gasteiger partial charge is 0.392 e. The number of aryl methyl sites for hydroxylation is 1. The van der Waals surface area contributed by atoms with E-state index in [0.29, 0.717) is 25.3 Å². The number of amides is 1. The van der Waals surface area contributed by atoms with Gasteiger partial charge in [-0.2, -0.15) is 0 Å². The Hall–Kier alpha value is -2.47. The summed E-state index contributed by atoms with van der Waals surface area (Å²) in [6, 6.07) is 9.92.